The van der Waals surface area contributed by atoms with Crippen molar-refractivity contribution in [3.63, 3.8) is 0 Å². The van der Waals surface area contributed by atoms with Gasteiger partial charge in [0, 0.05) is 62.0 Å². The summed E-state index contributed by atoms with van der Waals surface area (Å²) in [6.45, 7) is 9.55. The Labute approximate surface area is 267 Å². The van der Waals surface area contributed by atoms with Crippen LogP contribution in [0.2, 0.25) is 0 Å². The Bertz CT molecular complexity index is 890. The van der Waals surface area contributed by atoms with Crippen molar-refractivity contribution in [3.05, 3.63) is 60.2 Å². The molecule has 224 valence electrons. The number of halogens is 2. The van der Waals surface area contributed by atoms with Gasteiger partial charge in [0.25, 0.3) is 0 Å². The van der Waals surface area contributed by atoms with Crippen LogP contribution in [0, 0.1) is 37.5 Å². The first-order valence-corrected chi connectivity index (χ1v) is 16.6. The summed E-state index contributed by atoms with van der Waals surface area (Å²) in [6.07, 6.45) is 28.3. The zero-order valence-corrected chi connectivity index (χ0v) is 29.2. The van der Waals surface area contributed by atoms with Crippen molar-refractivity contribution in [2.24, 2.45) is 0 Å². The summed E-state index contributed by atoms with van der Waals surface area (Å²) in [6, 6.07) is 8.30. The van der Waals surface area contributed by atoms with E-state index in [1.54, 1.807) is 12.4 Å². The molecular weight excluding hydrogens is 620 g/mol. The summed E-state index contributed by atoms with van der Waals surface area (Å²) in [5.74, 6) is 12.6. The van der Waals surface area contributed by atoms with E-state index in [1.165, 1.54) is 88.2 Å². The molecule has 0 saturated carbocycles. The Hall–Kier alpha value is -1.62. The first kappa shape index (κ1) is 40.5. The molecule has 4 heteroatoms. The lowest BCUT2D eigenvalue weighted by Crippen LogP contribution is -3.00. The van der Waals surface area contributed by atoms with E-state index in [1.807, 2.05) is 19.1 Å². The molecule has 0 aromatic carbocycles. The zero-order valence-electron chi connectivity index (χ0n) is 26.0. The SMILES string of the molecule is CCC#CCCCCCCCCBr.CCC#CCCCCCCCC[n+]1ccc(C)cc1.Cc1ccncc1.[Br-]. The molecule has 0 spiro atoms. The van der Waals surface area contributed by atoms with E-state index >= 15 is 0 Å². The third kappa shape index (κ3) is 30.9. The second kappa shape index (κ2) is 33.6. The molecule has 0 saturated heterocycles. The fourth-order valence-corrected chi connectivity index (χ4v) is 4.16. The summed E-state index contributed by atoms with van der Waals surface area (Å²) in [7, 11) is 0. The van der Waals surface area contributed by atoms with E-state index in [4.69, 9.17) is 0 Å². The van der Waals surface area contributed by atoms with Gasteiger partial charge in [0.2, 0.25) is 0 Å². The van der Waals surface area contributed by atoms with Gasteiger partial charge in [0.1, 0.15) is 6.54 Å². The number of rotatable bonds is 15. The molecule has 2 nitrogen and oxygen atoms in total. The van der Waals surface area contributed by atoms with Crippen LogP contribution < -0.4 is 21.5 Å². The molecule has 0 N–H and O–H groups in total. The van der Waals surface area contributed by atoms with Gasteiger partial charge in [-0.3, -0.25) is 4.98 Å². The monoisotopic (exact) mass is 674 g/mol. The highest BCUT2D eigenvalue weighted by atomic mass is 79.9. The Morgan fingerprint density at radius 2 is 1.02 bits per heavy atom. The Morgan fingerprint density at radius 1 is 0.600 bits per heavy atom. The molecule has 2 aromatic rings. The highest BCUT2D eigenvalue weighted by Crippen LogP contribution is 2.08. The second-order valence-electron chi connectivity index (χ2n) is 9.98. The minimum absolute atomic E-state index is 0. The maximum Gasteiger partial charge on any atom is 0.169 e. The first-order valence-electron chi connectivity index (χ1n) is 15.4. The van der Waals surface area contributed by atoms with Crippen LogP contribution in [0.1, 0.15) is 128 Å². The summed E-state index contributed by atoms with van der Waals surface area (Å²) >= 11 is 3.44. The molecule has 0 atom stereocenters. The summed E-state index contributed by atoms with van der Waals surface area (Å²) in [5, 5.41) is 1.16. The van der Waals surface area contributed by atoms with Gasteiger partial charge >= 0.3 is 0 Å². The average molecular weight is 677 g/mol. The molecule has 0 unspecified atom stereocenters. The molecule has 40 heavy (non-hydrogen) atoms. The molecule has 2 rings (SSSR count). The minimum atomic E-state index is 0. The van der Waals surface area contributed by atoms with E-state index < -0.39 is 0 Å². The van der Waals surface area contributed by atoms with Crippen LogP contribution in [-0.2, 0) is 6.54 Å². The molecule has 0 fully saturated rings. The minimum Gasteiger partial charge on any atom is -1.00 e. The maximum absolute atomic E-state index is 3.85. The predicted octanol–water partition coefficient (Wildman–Crippen LogP) is 7.35. The van der Waals surface area contributed by atoms with Crippen molar-refractivity contribution in [1.29, 1.82) is 0 Å². The van der Waals surface area contributed by atoms with E-state index in [2.05, 4.69) is 94.5 Å². The van der Waals surface area contributed by atoms with Gasteiger partial charge in [0.15, 0.2) is 12.4 Å². The smallest absolute Gasteiger partial charge is 0.169 e. The second-order valence-corrected chi connectivity index (χ2v) is 10.8. The highest BCUT2D eigenvalue weighted by molar-refractivity contribution is 9.09. The molecule has 2 aromatic heterocycles. The number of nitrogens with zero attached hydrogens (tertiary/aromatic N) is 2. The fourth-order valence-electron chi connectivity index (χ4n) is 3.76. The summed E-state index contributed by atoms with van der Waals surface area (Å²) in [4.78, 5) is 3.85. The lowest BCUT2D eigenvalue weighted by atomic mass is 10.1. The van der Waals surface area contributed by atoms with E-state index in [0.29, 0.717) is 0 Å². The number of aromatic nitrogens is 2. The van der Waals surface area contributed by atoms with E-state index in [-0.39, 0.29) is 17.0 Å². The topological polar surface area (TPSA) is 16.8 Å². The number of aryl methyl sites for hydroxylation is 3. The number of hydrogen-bond acceptors (Lipinski definition) is 1. The van der Waals surface area contributed by atoms with E-state index in [0.717, 1.165) is 37.6 Å². The largest absolute Gasteiger partial charge is 1.00 e. The first-order chi connectivity index (χ1) is 19.1. The predicted molar refractivity (Wildman–Crippen MR) is 175 cm³/mol. The van der Waals surface area contributed by atoms with Crippen LogP contribution >= 0.6 is 15.9 Å². The normalized spacial score (nSPS) is 9.32. The Balaban J connectivity index is 0. The molecular formula is C36H56Br2N2. The number of unbranched alkanes of at least 4 members (excludes halogenated alkanes) is 12. The van der Waals surface area contributed by atoms with Gasteiger partial charge in [0.05, 0.1) is 0 Å². The highest BCUT2D eigenvalue weighted by Gasteiger charge is 1.99. The van der Waals surface area contributed by atoms with Gasteiger partial charge in [-0.1, -0.05) is 74.7 Å². The zero-order chi connectivity index (χ0) is 28.7. The van der Waals surface area contributed by atoms with Crippen LogP contribution in [0.5, 0.6) is 0 Å². The lowest BCUT2D eigenvalue weighted by molar-refractivity contribution is -0.697. The van der Waals surface area contributed by atoms with Gasteiger partial charge in [-0.25, -0.2) is 4.57 Å². The van der Waals surface area contributed by atoms with Crippen LogP contribution in [0.25, 0.3) is 0 Å². The number of alkyl halides is 1. The molecule has 2 heterocycles. The summed E-state index contributed by atoms with van der Waals surface area (Å²) < 4.78 is 2.29. The quantitative estimate of drug-likeness (QED) is 0.0835. The Kier molecular flexibility index (Phi) is 34.0. The molecule has 0 radical (unpaired) electrons. The van der Waals surface area contributed by atoms with Crippen molar-refractivity contribution < 1.29 is 21.5 Å². The van der Waals surface area contributed by atoms with Gasteiger partial charge < -0.3 is 17.0 Å². The average Bonchev–Trinajstić information content (AvgIpc) is 2.95. The Morgan fingerprint density at radius 3 is 1.45 bits per heavy atom. The van der Waals surface area contributed by atoms with E-state index in [9.17, 15) is 0 Å². The van der Waals surface area contributed by atoms with Crippen molar-refractivity contribution >= 4 is 15.9 Å². The van der Waals surface area contributed by atoms with Crippen molar-refractivity contribution in [3.8, 4) is 23.7 Å². The summed E-state index contributed by atoms with van der Waals surface area (Å²) in [5.41, 5.74) is 2.59. The van der Waals surface area contributed by atoms with Crippen LogP contribution in [0.3, 0.4) is 0 Å². The lowest BCUT2D eigenvalue weighted by Gasteiger charge is -1.99. The van der Waals surface area contributed by atoms with Gasteiger partial charge in [-0.05, 0) is 62.8 Å². The molecule has 0 bridgehead atoms. The van der Waals surface area contributed by atoms with Crippen LogP contribution in [0.4, 0.5) is 0 Å². The van der Waals surface area contributed by atoms with Crippen molar-refractivity contribution in [2.75, 3.05) is 5.33 Å². The van der Waals surface area contributed by atoms with Crippen molar-refractivity contribution in [1.82, 2.24) is 4.98 Å². The van der Waals surface area contributed by atoms with Gasteiger partial charge in [-0.15, -0.1) is 23.7 Å². The van der Waals surface area contributed by atoms with Crippen LogP contribution in [-0.4, -0.2) is 10.3 Å². The van der Waals surface area contributed by atoms with Crippen molar-refractivity contribution in [2.45, 2.75) is 137 Å². The molecule has 0 aliphatic heterocycles. The molecule has 0 amide bonds. The number of hydrogen-bond donors (Lipinski definition) is 0. The molecule has 0 aliphatic rings. The third-order valence-corrected chi connectivity index (χ3v) is 6.72. The standard InChI is InChI=1S/C18H28N.C12H21Br.C6H7N.BrH/c1-3-4-5-6-7-8-9-10-11-12-15-19-16-13-18(2)14-17-19;1-2-3-4-5-6-7-8-9-10-11-12-13;1-6-2-4-7-5-3-6;/h13-14,16-17H,3,6-12,15H2,1-2H3;2,5-12H2,1H3;2-5H,1H3;1H/q+1;;;/p-1. The van der Waals surface area contributed by atoms with Gasteiger partial charge in [-0.2, -0.15) is 0 Å². The van der Waals surface area contributed by atoms with Crippen LogP contribution in [0.15, 0.2) is 49.1 Å². The maximum atomic E-state index is 3.85. The fraction of sp³-hybridized carbons (Fsp3) is 0.611. The third-order valence-electron chi connectivity index (χ3n) is 6.16. The number of pyridine rings is 2. The molecule has 0 aliphatic carbocycles.